The fourth-order valence-electron chi connectivity index (χ4n) is 6.02. The maximum absolute atomic E-state index is 11.8. The van der Waals surface area contributed by atoms with Gasteiger partial charge in [-0.05, 0) is 74.5 Å². The van der Waals surface area contributed by atoms with Crippen LogP contribution in [0.25, 0.3) is 0 Å². The lowest BCUT2D eigenvalue weighted by Crippen LogP contribution is -2.48. The van der Waals surface area contributed by atoms with E-state index < -0.39 is 0 Å². The van der Waals surface area contributed by atoms with Gasteiger partial charge in [-0.25, -0.2) is 0 Å². The Labute approximate surface area is 116 Å². The predicted octanol–water partition coefficient (Wildman–Crippen LogP) is 4.66. The van der Waals surface area contributed by atoms with Gasteiger partial charge in [0.2, 0.25) is 0 Å². The number of hydrogen-bond acceptors (Lipinski definition) is 1. The molecule has 0 heterocycles. The zero-order chi connectivity index (χ0) is 13.0. The molecule has 4 atom stereocenters. The number of ketones is 1. The highest BCUT2D eigenvalue weighted by molar-refractivity contribution is 5.79. The van der Waals surface area contributed by atoms with Crippen LogP contribution < -0.4 is 0 Å². The molecule has 4 rings (SSSR count). The SMILES string of the molecule is C[C@]12CCC(=O)C[C@@H]1CC[C@H]1C3=C(CCC3)CC[C@@H]12. The van der Waals surface area contributed by atoms with E-state index in [4.69, 9.17) is 0 Å². The standard InChI is InChI=1S/C18H26O/c1-18-10-9-14(19)11-13(18)6-7-16-15-4-2-3-12(15)5-8-17(16)18/h13,16-17H,2-11H2,1H3/t13-,16-,17-,18-/m0/s1. The number of fused-ring (bicyclic) bond motifs is 4. The summed E-state index contributed by atoms with van der Waals surface area (Å²) in [6, 6.07) is 0. The third-order valence-corrected chi connectivity index (χ3v) is 7.09. The summed E-state index contributed by atoms with van der Waals surface area (Å²) in [4.78, 5) is 11.8. The molecule has 0 saturated heterocycles. The topological polar surface area (TPSA) is 17.1 Å². The largest absolute Gasteiger partial charge is 0.300 e. The smallest absolute Gasteiger partial charge is 0.133 e. The molecule has 19 heavy (non-hydrogen) atoms. The Balaban J connectivity index is 1.67. The summed E-state index contributed by atoms with van der Waals surface area (Å²) >= 11 is 0. The van der Waals surface area contributed by atoms with Gasteiger partial charge in [0.25, 0.3) is 0 Å². The van der Waals surface area contributed by atoms with Crippen LogP contribution in [0, 0.1) is 23.2 Å². The van der Waals surface area contributed by atoms with Gasteiger partial charge in [0.15, 0.2) is 0 Å². The van der Waals surface area contributed by atoms with Gasteiger partial charge >= 0.3 is 0 Å². The van der Waals surface area contributed by atoms with E-state index >= 15 is 0 Å². The van der Waals surface area contributed by atoms with Crippen LogP contribution in [0.2, 0.25) is 0 Å². The molecule has 0 aromatic carbocycles. The summed E-state index contributed by atoms with van der Waals surface area (Å²) < 4.78 is 0. The highest BCUT2D eigenvalue weighted by Crippen LogP contribution is 2.61. The quantitative estimate of drug-likeness (QED) is 0.577. The molecule has 0 amide bonds. The number of Topliss-reactive ketones (excluding diaryl/α,β-unsaturated/α-hetero) is 1. The molecule has 2 saturated carbocycles. The first-order valence-electron chi connectivity index (χ1n) is 8.41. The van der Waals surface area contributed by atoms with Crippen LogP contribution in [0.3, 0.4) is 0 Å². The van der Waals surface area contributed by atoms with Gasteiger partial charge in [0.1, 0.15) is 5.78 Å². The highest BCUT2D eigenvalue weighted by atomic mass is 16.1. The molecule has 0 bridgehead atoms. The molecule has 0 spiro atoms. The molecule has 1 heteroatoms. The van der Waals surface area contributed by atoms with Crippen LogP contribution in [0.1, 0.15) is 71.1 Å². The van der Waals surface area contributed by atoms with Gasteiger partial charge in [-0.2, -0.15) is 0 Å². The number of rotatable bonds is 0. The molecule has 4 aliphatic carbocycles. The molecule has 0 N–H and O–H groups in total. The zero-order valence-electron chi connectivity index (χ0n) is 12.2. The van der Waals surface area contributed by atoms with Crippen molar-refractivity contribution < 1.29 is 4.79 Å². The minimum Gasteiger partial charge on any atom is -0.300 e. The Hall–Kier alpha value is -0.590. The molecule has 4 aliphatic rings. The maximum atomic E-state index is 11.8. The molecule has 0 aliphatic heterocycles. The summed E-state index contributed by atoms with van der Waals surface area (Å²) in [5.41, 5.74) is 4.21. The Bertz CT molecular complexity index is 447. The van der Waals surface area contributed by atoms with Crippen LogP contribution in [-0.2, 0) is 4.79 Å². The van der Waals surface area contributed by atoms with Crippen LogP contribution >= 0.6 is 0 Å². The van der Waals surface area contributed by atoms with Crippen molar-refractivity contribution in [3.05, 3.63) is 11.1 Å². The third-order valence-electron chi connectivity index (χ3n) is 7.09. The van der Waals surface area contributed by atoms with E-state index in [0.29, 0.717) is 17.1 Å². The monoisotopic (exact) mass is 258 g/mol. The lowest BCUT2D eigenvalue weighted by atomic mass is 9.49. The molecule has 1 nitrogen and oxygen atoms in total. The fraction of sp³-hybridized carbons (Fsp3) is 0.833. The van der Waals surface area contributed by atoms with Crippen molar-refractivity contribution in [1.82, 2.24) is 0 Å². The van der Waals surface area contributed by atoms with Crippen molar-refractivity contribution in [2.24, 2.45) is 23.2 Å². The first kappa shape index (κ1) is 12.2. The van der Waals surface area contributed by atoms with Gasteiger partial charge in [0.05, 0.1) is 0 Å². The molecule has 0 aromatic heterocycles. The second-order valence-electron chi connectivity index (χ2n) is 7.76. The maximum Gasteiger partial charge on any atom is 0.133 e. The zero-order valence-corrected chi connectivity index (χ0v) is 12.2. The number of carbonyl (C=O) groups excluding carboxylic acids is 1. The average Bonchev–Trinajstić information content (AvgIpc) is 2.88. The van der Waals surface area contributed by atoms with Crippen molar-refractivity contribution in [3.8, 4) is 0 Å². The van der Waals surface area contributed by atoms with Gasteiger partial charge < -0.3 is 0 Å². The Morgan fingerprint density at radius 1 is 1.05 bits per heavy atom. The highest BCUT2D eigenvalue weighted by Gasteiger charge is 2.52. The molecule has 104 valence electrons. The summed E-state index contributed by atoms with van der Waals surface area (Å²) in [6.07, 6.45) is 12.7. The number of hydrogen-bond donors (Lipinski definition) is 0. The van der Waals surface area contributed by atoms with Gasteiger partial charge in [-0.15, -0.1) is 0 Å². The number of carbonyl (C=O) groups is 1. The van der Waals surface area contributed by atoms with E-state index in [2.05, 4.69) is 6.92 Å². The van der Waals surface area contributed by atoms with Gasteiger partial charge in [0, 0.05) is 12.8 Å². The molecular formula is C18H26O. The fourth-order valence-corrected chi connectivity index (χ4v) is 6.02. The first-order chi connectivity index (χ1) is 9.18. The Morgan fingerprint density at radius 3 is 2.84 bits per heavy atom. The van der Waals surface area contributed by atoms with Crippen molar-refractivity contribution in [3.63, 3.8) is 0 Å². The third kappa shape index (κ3) is 1.69. The van der Waals surface area contributed by atoms with Crippen LogP contribution in [-0.4, -0.2) is 5.78 Å². The van der Waals surface area contributed by atoms with Crippen molar-refractivity contribution in [1.29, 1.82) is 0 Å². The van der Waals surface area contributed by atoms with E-state index in [0.717, 1.165) is 24.7 Å². The Kier molecular flexibility index (Phi) is 2.69. The van der Waals surface area contributed by atoms with E-state index in [9.17, 15) is 4.79 Å². The molecular weight excluding hydrogens is 232 g/mol. The summed E-state index contributed by atoms with van der Waals surface area (Å²) in [5.74, 6) is 3.05. The molecule has 0 unspecified atom stereocenters. The van der Waals surface area contributed by atoms with E-state index in [1.54, 1.807) is 0 Å². The van der Waals surface area contributed by atoms with Crippen LogP contribution in [0.4, 0.5) is 0 Å². The van der Waals surface area contributed by atoms with Gasteiger partial charge in [-0.3, -0.25) is 4.79 Å². The van der Waals surface area contributed by atoms with Gasteiger partial charge in [-0.1, -0.05) is 18.1 Å². The lowest BCUT2D eigenvalue weighted by molar-refractivity contribution is -0.129. The summed E-state index contributed by atoms with van der Waals surface area (Å²) in [7, 11) is 0. The normalized spacial score (nSPS) is 45.7. The number of allylic oxidation sites excluding steroid dienone is 2. The second-order valence-corrected chi connectivity index (χ2v) is 7.76. The van der Waals surface area contributed by atoms with Crippen molar-refractivity contribution in [2.75, 3.05) is 0 Å². The van der Waals surface area contributed by atoms with E-state index in [-0.39, 0.29) is 0 Å². The first-order valence-corrected chi connectivity index (χ1v) is 8.41. The summed E-state index contributed by atoms with van der Waals surface area (Å²) in [5, 5.41) is 0. The average molecular weight is 258 g/mol. The van der Waals surface area contributed by atoms with Crippen molar-refractivity contribution in [2.45, 2.75) is 71.1 Å². The minimum atomic E-state index is 0.484. The van der Waals surface area contributed by atoms with E-state index in [1.807, 2.05) is 11.1 Å². The Morgan fingerprint density at radius 2 is 1.95 bits per heavy atom. The summed E-state index contributed by atoms with van der Waals surface area (Å²) in [6.45, 7) is 2.53. The second kappa shape index (κ2) is 4.20. The molecule has 0 radical (unpaired) electrons. The minimum absolute atomic E-state index is 0.484. The molecule has 2 fully saturated rings. The molecule has 0 aromatic rings. The predicted molar refractivity (Wildman–Crippen MR) is 76.8 cm³/mol. The van der Waals surface area contributed by atoms with Crippen LogP contribution in [0.5, 0.6) is 0 Å². The van der Waals surface area contributed by atoms with Crippen LogP contribution in [0.15, 0.2) is 11.1 Å². The van der Waals surface area contributed by atoms with Crippen molar-refractivity contribution >= 4 is 5.78 Å². The van der Waals surface area contributed by atoms with E-state index in [1.165, 1.54) is 51.4 Å². The lowest BCUT2D eigenvalue weighted by Gasteiger charge is -2.55.